The molecular formula is C16H28ClN3. The summed E-state index contributed by atoms with van der Waals surface area (Å²) in [5, 5.41) is 5.45. The van der Waals surface area contributed by atoms with Gasteiger partial charge in [0.1, 0.15) is 0 Å². The highest BCUT2D eigenvalue weighted by molar-refractivity contribution is 6.31. The van der Waals surface area contributed by atoms with Crippen molar-refractivity contribution in [1.29, 1.82) is 0 Å². The fourth-order valence-electron chi connectivity index (χ4n) is 3.36. The van der Waals surface area contributed by atoms with Crippen LogP contribution in [0.4, 0.5) is 0 Å². The third-order valence-corrected chi connectivity index (χ3v) is 5.33. The number of hydrogen-bond donors (Lipinski definition) is 1. The van der Waals surface area contributed by atoms with E-state index in [-0.39, 0.29) is 5.54 Å². The van der Waals surface area contributed by atoms with Gasteiger partial charge in [-0.1, -0.05) is 31.9 Å². The Morgan fingerprint density at radius 1 is 1.30 bits per heavy atom. The van der Waals surface area contributed by atoms with E-state index in [0.717, 1.165) is 54.6 Å². The highest BCUT2D eigenvalue weighted by Crippen LogP contribution is 2.36. The van der Waals surface area contributed by atoms with Crippen molar-refractivity contribution in [3.05, 3.63) is 16.4 Å². The Morgan fingerprint density at radius 2 is 1.95 bits per heavy atom. The van der Waals surface area contributed by atoms with E-state index in [1.54, 1.807) is 0 Å². The second-order valence-electron chi connectivity index (χ2n) is 6.27. The summed E-state index contributed by atoms with van der Waals surface area (Å²) in [6.07, 6.45) is 7.76. The summed E-state index contributed by atoms with van der Waals surface area (Å²) in [7, 11) is 0. The third kappa shape index (κ3) is 3.20. The van der Waals surface area contributed by atoms with Crippen LogP contribution in [-0.4, -0.2) is 15.3 Å². The van der Waals surface area contributed by atoms with E-state index in [2.05, 4.69) is 25.9 Å². The second-order valence-corrected chi connectivity index (χ2v) is 6.65. The Hall–Kier alpha value is -0.540. The molecular weight excluding hydrogens is 270 g/mol. The molecule has 0 radical (unpaired) electrons. The first-order valence-electron chi connectivity index (χ1n) is 8.05. The van der Waals surface area contributed by atoms with E-state index < -0.39 is 0 Å². The summed E-state index contributed by atoms with van der Waals surface area (Å²) < 4.78 is 2.04. The van der Waals surface area contributed by atoms with Crippen molar-refractivity contribution in [3.8, 4) is 0 Å². The molecule has 2 rings (SSSR count). The topological polar surface area (TPSA) is 43.8 Å². The van der Waals surface area contributed by atoms with Crippen molar-refractivity contribution in [3.63, 3.8) is 0 Å². The summed E-state index contributed by atoms with van der Waals surface area (Å²) in [6.45, 7) is 7.36. The summed E-state index contributed by atoms with van der Waals surface area (Å²) >= 11 is 6.51. The van der Waals surface area contributed by atoms with Gasteiger partial charge in [-0.25, -0.2) is 0 Å². The number of halogens is 1. The van der Waals surface area contributed by atoms with Crippen LogP contribution in [0.5, 0.6) is 0 Å². The lowest BCUT2D eigenvalue weighted by atomic mass is 9.74. The van der Waals surface area contributed by atoms with Crippen LogP contribution in [-0.2, 0) is 19.4 Å². The molecule has 0 aromatic carbocycles. The lowest BCUT2D eigenvalue weighted by Gasteiger charge is -2.37. The molecule has 0 aliphatic heterocycles. The highest BCUT2D eigenvalue weighted by Gasteiger charge is 2.33. The monoisotopic (exact) mass is 297 g/mol. The van der Waals surface area contributed by atoms with Gasteiger partial charge < -0.3 is 5.73 Å². The van der Waals surface area contributed by atoms with Crippen LogP contribution < -0.4 is 5.73 Å². The van der Waals surface area contributed by atoms with Crippen LogP contribution >= 0.6 is 11.6 Å². The lowest BCUT2D eigenvalue weighted by molar-refractivity contribution is 0.225. The van der Waals surface area contributed by atoms with Crippen LogP contribution in [0.2, 0.25) is 5.02 Å². The molecule has 2 N–H and O–H groups in total. The number of nitrogens with two attached hydrogens (primary N) is 1. The van der Waals surface area contributed by atoms with E-state index >= 15 is 0 Å². The number of aryl methyl sites for hydroxylation is 2. The number of hydrogen-bond acceptors (Lipinski definition) is 2. The molecule has 0 unspecified atom stereocenters. The summed E-state index contributed by atoms with van der Waals surface area (Å²) in [6, 6.07) is 0. The van der Waals surface area contributed by atoms with Crippen LogP contribution in [0, 0.1) is 5.92 Å². The molecule has 20 heavy (non-hydrogen) atoms. The van der Waals surface area contributed by atoms with E-state index in [1.807, 2.05) is 4.68 Å². The minimum absolute atomic E-state index is 0.0900. The predicted octanol–water partition coefficient (Wildman–Crippen LogP) is 3.96. The molecule has 1 heterocycles. The molecule has 1 aromatic heterocycles. The largest absolute Gasteiger partial charge is 0.325 e. The van der Waals surface area contributed by atoms with Crippen molar-refractivity contribution in [1.82, 2.24) is 9.78 Å². The SMILES string of the molecule is CCc1nn(CC)c(CC2(N)CCC(CC)CC2)c1Cl. The van der Waals surface area contributed by atoms with Gasteiger partial charge in [0.15, 0.2) is 0 Å². The summed E-state index contributed by atoms with van der Waals surface area (Å²) in [4.78, 5) is 0. The Bertz CT molecular complexity index is 445. The Balaban J connectivity index is 2.15. The van der Waals surface area contributed by atoms with Crippen molar-refractivity contribution in [2.24, 2.45) is 11.7 Å². The number of nitrogens with zero attached hydrogens (tertiary/aromatic N) is 2. The molecule has 114 valence electrons. The smallest absolute Gasteiger partial charge is 0.0850 e. The zero-order valence-electron chi connectivity index (χ0n) is 13.1. The fourth-order valence-corrected chi connectivity index (χ4v) is 3.69. The van der Waals surface area contributed by atoms with Gasteiger partial charge in [0.05, 0.1) is 16.4 Å². The maximum atomic E-state index is 6.65. The quantitative estimate of drug-likeness (QED) is 0.894. The zero-order valence-corrected chi connectivity index (χ0v) is 13.8. The van der Waals surface area contributed by atoms with Crippen molar-refractivity contribution >= 4 is 11.6 Å². The molecule has 4 heteroatoms. The molecule has 3 nitrogen and oxygen atoms in total. The molecule has 0 bridgehead atoms. The van der Waals surface area contributed by atoms with Crippen LogP contribution in [0.1, 0.15) is 64.3 Å². The van der Waals surface area contributed by atoms with E-state index in [9.17, 15) is 0 Å². The molecule has 0 amide bonds. The lowest BCUT2D eigenvalue weighted by Crippen LogP contribution is -2.45. The Morgan fingerprint density at radius 3 is 2.45 bits per heavy atom. The van der Waals surface area contributed by atoms with Crippen LogP contribution in [0.3, 0.4) is 0 Å². The van der Waals surface area contributed by atoms with Gasteiger partial charge in [-0.15, -0.1) is 0 Å². The summed E-state index contributed by atoms with van der Waals surface area (Å²) in [5.74, 6) is 0.865. The third-order valence-electron chi connectivity index (χ3n) is 4.89. The standard InChI is InChI=1S/C16H28ClN3/c1-4-12-7-9-16(18,10-8-12)11-14-15(17)13(5-2)19-20(14)6-3/h12H,4-11,18H2,1-3H3. The Labute approximate surface area is 127 Å². The maximum Gasteiger partial charge on any atom is 0.0850 e. The minimum atomic E-state index is -0.0900. The first kappa shape index (κ1) is 15.8. The highest BCUT2D eigenvalue weighted by atomic mass is 35.5. The van der Waals surface area contributed by atoms with Gasteiger partial charge >= 0.3 is 0 Å². The van der Waals surface area contributed by atoms with E-state index in [1.165, 1.54) is 19.3 Å². The van der Waals surface area contributed by atoms with Gasteiger partial charge in [0, 0.05) is 18.5 Å². The average molecular weight is 298 g/mol. The zero-order chi connectivity index (χ0) is 14.8. The first-order chi connectivity index (χ1) is 9.53. The van der Waals surface area contributed by atoms with Gasteiger partial charge in [0.2, 0.25) is 0 Å². The van der Waals surface area contributed by atoms with Crippen LogP contribution in [0.15, 0.2) is 0 Å². The van der Waals surface area contributed by atoms with Gasteiger partial charge in [-0.3, -0.25) is 4.68 Å². The average Bonchev–Trinajstić information content (AvgIpc) is 2.76. The summed E-state index contributed by atoms with van der Waals surface area (Å²) in [5.41, 5.74) is 8.71. The Kier molecular flexibility index (Phi) is 5.14. The molecule has 1 aromatic rings. The molecule has 1 fully saturated rings. The number of rotatable bonds is 5. The van der Waals surface area contributed by atoms with Crippen molar-refractivity contribution < 1.29 is 0 Å². The fraction of sp³-hybridized carbons (Fsp3) is 0.812. The molecule has 0 spiro atoms. The van der Waals surface area contributed by atoms with E-state index in [0.29, 0.717) is 0 Å². The van der Waals surface area contributed by atoms with Gasteiger partial charge in [-0.05, 0) is 44.9 Å². The predicted molar refractivity (Wildman–Crippen MR) is 85.2 cm³/mol. The molecule has 0 atom stereocenters. The molecule has 0 saturated heterocycles. The van der Waals surface area contributed by atoms with Crippen molar-refractivity contribution in [2.75, 3.05) is 0 Å². The first-order valence-corrected chi connectivity index (χ1v) is 8.43. The number of aromatic nitrogens is 2. The van der Waals surface area contributed by atoms with Gasteiger partial charge in [-0.2, -0.15) is 5.10 Å². The molecule has 1 aliphatic carbocycles. The second kappa shape index (κ2) is 6.48. The normalized spacial score (nSPS) is 26.9. The van der Waals surface area contributed by atoms with Gasteiger partial charge in [0.25, 0.3) is 0 Å². The minimum Gasteiger partial charge on any atom is -0.325 e. The van der Waals surface area contributed by atoms with Crippen molar-refractivity contribution in [2.45, 2.75) is 77.8 Å². The maximum absolute atomic E-state index is 6.65. The molecule has 1 saturated carbocycles. The van der Waals surface area contributed by atoms with E-state index in [4.69, 9.17) is 17.3 Å². The molecule has 1 aliphatic rings. The van der Waals surface area contributed by atoms with Crippen LogP contribution in [0.25, 0.3) is 0 Å².